The van der Waals surface area contributed by atoms with E-state index in [1.54, 1.807) is 0 Å². The lowest BCUT2D eigenvalue weighted by molar-refractivity contribution is 0.174. The average molecular weight is 262 g/mol. The van der Waals surface area contributed by atoms with Gasteiger partial charge in [-0.25, -0.2) is 0 Å². The molecule has 1 aromatic carbocycles. The molecule has 2 atom stereocenters. The maximum Gasteiger partial charge on any atom is 0.231 e. The van der Waals surface area contributed by atoms with Crippen LogP contribution in [0.1, 0.15) is 19.8 Å². The van der Waals surface area contributed by atoms with Crippen molar-refractivity contribution in [2.45, 2.75) is 19.8 Å². The molecule has 2 N–H and O–H groups in total. The Morgan fingerprint density at radius 1 is 1.37 bits per heavy atom. The van der Waals surface area contributed by atoms with Gasteiger partial charge in [0.2, 0.25) is 6.79 Å². The van der Waals surface area contributed by atoms with Gasteiger partial charge in [-0.1, -0.05) is 6.92 Å². The van der Waals surface area contributed by atoms with Gasteiger partial charge in [-0.15, -0.1) is 0 Å². The SMILES string of the molecule is CC(CN)CC1CCN(c2ccc3c(c2)OCO3)C1. The van der Waals surface area contributed by atoms with Crippen molar-refractivity contribution in [3.63, 3.8) is 0 Å². The minimum absolute atomic E-state index is 0.343. The average Bonchev–Trinajstić information content (AvgIpc) is 3.05. The molecule has 0 bridgehead atoms. The van der Waals surface area contributed by atoms with Gasteiger partial charge in [0.1, 0.15) is 0 Å². The van der Waals surface area contributed by atoms with Gasteiger partial charge >= 0.3 is 0 Å². The first-order chi connectivity index (χ1) is 9.26. The molecule has 0 radical (unpaired) electrons. The number of anilines is 1. The molecule has 2 heterocycles. The number of benzene rings is 1. The second kappa shape index (κ2) is 5.29. The van der Waals surface area contributed by atoms with E-state index in [0.717, 1.165) is 37.1 Å². The van der Waals surface area contributed by atoms with Crippen molar-refractivity contribution in [2.75, 3.05) is 31.3 Å². The van der Waals surface area contributed by atoms with Crippen molar-refractivity contribution in [1.29, 1.82) is 0 Å². The number of ether oxygens (including phenoxy) is 2. The Kier molecular flexibility index (Phi) is 3.51. The van der Waals surface area contributed by atoms with Gasteiger partial charge in [0.15, 0.2) is 11.5 Å². The normalized spacial score (nSPS) is 22.8. The smallest absolute Gasteiger partial charge is 0.231 e. The summed E-state index contributed by atoms with van der Waals surface area (Å²) in [4.78, 5) is 2.44. The molecule has 0 aliphatic carbocycles. The van der Waals surface area contributed by atoms with Crippen LogP contribution in [0.3, 0.4) is 0 Å². The summed E-state index contributed by atoms with van der Waals surface area (Å²) in [6.07, 6.45) is 2.50. The first kappa shape index (κ1) is 12.6. The summed E-state index contributed by atoms with van der Waals surface area (Å²) in [5, 5.41) is 0. The Labute approximate surface area is 114 Å². The minimum Gasteiger partial charge on any atom is -0.454 e. The quantitative estimate of drug-likeness (QED) is 0.904. The van der Waals surface area contributed by atoms with Crippen molar-refractivity contribution < 1.29 is 9.47 Å². The molecule has 4 heteroatoms. The molecule has 1 aromatic rings. The van der Waals surface area contributed by atoms with Gasteiger partial charge in [-0.3, -0.25) is 0 Å². The fraction of sp³-hybridized carbons (Fsp3) is 0.600. The molecule has 2 unspecified atom stereocenters. The van der Waals surface area contributed by atoms with E-state index < -0.39 is 0 Å². The number of nitrogens with two attached hydrogens (primary N) is 1. The van der Waals surface area contributed by atoms with E-state index in [1.165, 1.54) is 18.5 Å². The molecule has 2 aliphatic rings. The predicted molar refractivity (Wildman–Crippen MR) is 75.7 cm³/mol. The minimum atomic E-state index is 0.343. The van der Waals surface area contributed by atoms with Gasteiger partial charge in [0.25, 0.3) is 0 Å². The number of nitrogens with zero attached hydrogens (tertiary/aromatic N) is 1. The molecule has 0 aromatic heterocycles. The van der Waals surface area contributed by atoms with E-state index in [0.29, 0.717) is 12.7 Å². The van der Waals surface area contributed by atoms with Crippen LogP contribution >= 0.6 is 0 Å². The van der Waals surface area contributed by atoms with E-state index in [9.17, 15) is 0 Å². The summed E-state index contributed by atoms with van der Waals surface area (Å²) >= 11 is 0. The maximum atomic E-state index is 5.71. The van der Waals surface area contributed by atoms with Crippen LogP contribution in [-0.4, -0.2) is 26.4 Å². The maximum absolute atomic E-state index is 5.71. The second-order valence-electron chi connectivity index (χ2n) is 5.71. The molecule has 0 amide bonds. The lowest BCUT2D eigenvalue weighted by Gasteiger charge is -2.20. The third-order valence-corrected chi connectivity index (χ3v) is 4.15. The van der Waals surface area contributed by atoms with Gasteiger partial charge in [0, 0.05) is 24.8 Å². The highest BCUT2D eigenvalue weighted by atomic mass is 16.7. The zero-order valence-electron chi connectivity index (χ0n) is 11.5. The molecule has 1 saturated heterocycles. The largest absolute Gasteiger partial charge is 0.454 e. The van der Waals surface area contributed by atoms with Crippen LogP contribution in [0.15, 0.2) is 18.2 Å². The molecule has 2 aliphatic heterocycles. The molecule has 0 saturated carbocycles. The number of rotatable bonds is 4. The molecule has 104 valence electrons. The summed E-state index contributed by atoms with van der Waals surface area (Å²) in [5.74, 6) is 3.12. The number of fused-ring (bicyclic) bond motifs is 1. The summed E-state index contributed by atoms with van der Waals surface area (Å²) in [5.41, 5.74) is 6.96. The zero-order valence-corrected chi connectivity index (χ0v) is 11.5. The molecule has 0 spiro atoms. The van der Waals surface area contributed by atoms with Crippen LogP contribution < -0.4 is 20.1 Å². The van der Waals surface area contributed by atoms with Crippen LogP contribution in [0, 0.1) is 11.8 Å². The Bertz CT molecular complexity index is 450. The lowest BCUT2D eigenvalue weighted by atomic mass is 9.95. The van der Waals surface area contributed by atoms with Crippen molar-refractivity contribution >= 4 is 5.69 Å². The second-order valence-corrected chi connectivity index (χ2v) is 5.71. The molecule has 19 heavy (non-hydrogen) atoms. The zero-order chi connectivity index (χ0) is 13.2. The summed E-state index contributed by atoms with van der Waals surface area (Å²) in [6, 6.07) is 6.23. The van der Waals surface area contributed by atoms with Gasteiger partial charge in [-0.2, -0.15) is 0 Å². The lowest BCUT2D eigenvalue weighted by Crippen LogP contribution is -2.21. The van der Waals surface area contributed by atoms with Gasteiger partial charge < -0.3 is 20.1 Å². The number of hydrogen-bond donors (Lipinski definition) is 1. The Balaban J connectivity index is 1.64. The van der Waals surface area contributed by atoms with E-state index in [-0.39, 0.29) is 0 Å². The van der Waals surface area contributed by atoms with Crippen molar-refractivity contribution in [3.05, 3.63) is 18.2 Å². The molecular weight excluding hydrogens is 240 g/mol. The first-order valence-electron chi connectivity index (χ1n) is 7.11. The van der Waals surface area contributed by atoms with E-state index >= 15 is 0 Å². The Morgan fingerprint density at radius 3 is 3.05 bits per heavy atom. The van der Waals surface area contributed by atoms with Crippen LogP contribution in [0.2, 0.25) is 0 Å². The van der Waals surface area contributed by atoms with Gasteiger partial charge in [-0.05, 0) is 43.4 Å². The van der Waals surface area contributed by atoms with Crippen LogP contribution in [0.5, 0.6) is 11.5 Å². The van der Waals surface area contributed by atoms with Crippen LogP contribution in [0.4, 0.5) is 5.69 Å². The standard InChI is InChI=1S/C15H22N2O2/c1-11(8-16)6-12-4-5-17(9-12)13-2-3-14-15(7-13)19-10-18-14/h2-3,7,11-12H,4-6,8-10,16H2,1H3. The van der Waals surface area contributed by atoms with E-state index in [1.807, 2.05) is 6.07 Å². The van der Waals surface area contributed by atoms with Crippen LogP contribution in [-0.2, 0) is 0 Å². The topological polar surface area (TPSA) is 47.7 Å². The summed E-state index contributed by atoms with van der Waals surface area (Å²) < 4.78 is 10.8. The molecule has 3 rings (SSSR count). The third kappa shape index (κ3) is 2.63. The predicted octanol–water partition coefficient (Wildman–Crippen LogP) is 2.23. The molecular formula is C15H22N2O2. The Hall–Kier alpha value is -1.42. The van der Waals surface area contributed by atoms with Crippen molar-refractivity contribution in [3.8, 4) is 11.5 Å². The van der Waals surface area contributed by atoms with E-state index in [2.05, 4.69) is 24.0 Å². The number of hydrogen-bond acceptors (Lipinski definition) is 4. The summed E-state index contributed by atoms with van der Waals surface area (Å²) in [7, 11) is 0. The highest BCUT2D eigenvalue weighted by Crippen LogP contribution is 2.37. The fourth-order valence-electron chi connectivity index (χ4n) is 3.01. The monoisotopic (exact) mass is 262 g/mol. The fourth-order valence-corrected chi connectivity index (χ4v) is 3.01. The Morgan fingerprint density at radius 2 is 2.21 bits per heavy atom. The summed E-state index contributed by atoms with van der Waals surface area (Å²) in [6.45, 7) is 5.63. The van der Waals surface area contributed by atoms with Crippen molar-refractivity contribution in [1.82, 2.24) is 0 Å². The highest BCUT2D eigenvalue weighted by molar-refractivity contribution is 5.57. The first-order valence-corrected chi connectivity index (χ1v) is 7.11. The third-order valence-electron chi connectivity index (χ3n) is 4.15. The van der Waals surface area contributed by atoms with Crippen molar-refractivity contribution in [2.24, 2.45) is 17.6 Å². The molecule has 4 nitrogen and oxygen atoms in total. The molecule has 1 fully saturated rings. The van der Waals surface area contributed by atoms with E-state index in [4.69, 9.17) is 15.2 Å². The highest BCUT2D eigenvalue weighted by Gasteiger charge is 2.25. The van der Waals surface area contributed by atoms with Crippen LogP contribution in [0.25, 0.3) is 0 Å². The van der Waals surface area contributed by atoms with Gasteiger partial charge in [0.05, 0.1) is 0 Å².